The highest BCUT2D eigenvalue weighted by atomic mass is 16.5. The lowest BCUT2D eigenvalue weighted by atomic mass is 10.3. The summed E-state index contributed by atoms with van der Waals surface area (Å²) < 4.78 is 4.85. The molecule has 0 amide bonds. The first-order valence-electron chi connectivity index (χ1n) is 3.56. The molecule has 0 aromatic heterocycles. The van der Waals surface area contributed by atoms with Crippen molar-refractivity contribution in [1.29, 1.82) is 0 Å². The lowest BCUT2D eigenvalue weighted by Crippen LogP contribution is -2.21. The molecule has 0 saturated heterocycles. The van der Waals surface area contributed by atoms with Crippen molar-refractivity contribution in [3.05, 3.63) is 0 Å². The summed E-state index contributed by atoms with van der Waals surface area (Å²) in [6, 6.07) is 0. The number of hydrogen-bond acceptors (Lipinski definition) is 3. The van der Waals surface area contributed by atoms with Crippen LogP contribution in [0.5, 0.6) is 0 Å². The van der Waals surface area contributed by atoms with Crippen LogP contribution in [0.4, 0.5) is 0 Å². The van der Waals surface area contributed by atoms with Gasteiger partial charge in [-0.3, -0.25) is 0 Å². The van der Waals surface area contributed by atoms with Crippen molar-refractivity contribution in [3.63, 3.8) is 0 Å². The zero-order chi connectivity index (χ0) is 8.85. The molecular weight excluding hydrogens is 148 g/mol. The number of rotatable bonds is 5. The molecule has 1 unspecified atom stereocenters. The van der Waals surface area contributed by atoms with Gasteiger partial charge in [0, 0.05) is 0 Å². The van der Waals surface area contributed by atoms with Gasteiger partial charge in [0.2, 0.25) is 0 Å². The summed E-state index contributed by atoms with van der Waals surface area (Å²) in [5.74, 6) is -0.976. The van der Waals surface area contributed by atoms with E-state index < -0.39 is 18.2 Å². The van der Waals surface area contributed by atoms with Gasteiger partial charge in [-0.1, -0.05) is 0 Å². The molecule has 2 N–H and O–H groups in total. The van der Waals surface area contributed by atoms with Gasteiger partial charge in [0.15, 0.2) is 6.10 Å². The van der Waals surface area contributed by atoms with Gasteiger partial charge in [-0.15, -0.1) is 0 Å². The van der Waals surface area contributed by atoms with Crippen molar-refractivity contribution in [2.45, 2.75) is 32.5 Å². The lowest BCUT2D eigenvalue weighted by Gasteiger charge is -2.08. The van der Waals surface area contributed by atoms with E-state index in [4.69, 9.17) is 14.9 Å². The quantitative estimate of drug-likeness (QED) is 0.608. The third-order valence-electron chi connectivity index (χ3n) is 1.25. The molecule has 4 heteroatoms. The van der Waals surface area contributed by atoms with E-state index >= 15 is 0 Å². The Bertz CT molecular complexity index is 122. The van der Waals surface area contributed by atoms with Crippen LogP contribution in [0.2, 0.25) is 0 Å². The highest BCUT2D eigenvalue weighted by Gasteiger charge is 2.10. The van der Waals surface area contributed by atoms with Crippen molar-refractivity contribution < 1.29 is 19.7 Å². The van der Waals surface area contributed by atoms with Crippen LogP contribution in [0, 0.1) is 0 Å². The van der Waals surface area contributed by atoms with Gasteiger partial charge < -0.3 is 14.9 Å². The van der Waals surface area contributed by atoms with Crippen molar-refractivity contribution in [2.75, 3.05) is 6.61 Å². The smallest absolute Gasteiger partial charge is 0.332 e. The standard InChI is InChI=1S/C7H14O4/c1-5(8)3-4-11-6(2)7(9)10/h5-6,8H,3-4H2,1-2H3,(H,9,10)/t5?,6-/m1/s1. The number of carboxylic acids is 1. The van der Waals surface area contributed by atoms with Gasteiger partial charge in [0.25, 0.3) is 0 Å². The van der Waals surface area contributed by atoms with E-state index in [0.717, 1.165) is 0 Å². The zero-order valence-electron chi connectivity index (χ0n) is 6.78. The Morgan fingerprint density at radius 1 is 1.55 bits per heavy atom. The Kier molecular flexibility index (Phi) is 4.81. The fourth-order valence-corrected chi connectivity index (χ4v) is 0.487. The average molecular weight is 162 g/mol. The Labute approximate surface area is 65.8 Å². The first-order valence-corrected chi connectivity index (χ1v) is 3.56. The van der Waals surface area contributed by atoms with Crippen LogP contribution in [-0.4, -0.2) is 35.0 Å². The topological polar surface area (TPSA) is 66.8 Å². The van der Waals surface area contributed by atoms with E-state index in [1.165, 1.54) is 6.92 Å². The largest absolute Gasteiger partial charge is 0.479 e. The lowest BCUT2D eigenvalue weighted by molar-refractivity contribution is -0.149. The van der Waals surface area contributed by atoms with E-state index in [2.05, 4.69) is 0 Å². The minimum atomic E-state index is -0.976. The number of ether oxygens (including phenoxy) is 1. The van der Waals surface area contributed by atoms with E-state index in [0.29, 0.717) is 6.42 Å². The molecule has 0 radical (unpaired) electrons. The maximum Gasteiger partial charge on any atom is 0.332 e. The number of aliphatic carboxylic acids is 1. The second-order valence-corrected chi connectivity index (χ2v) is 2.49. The molecule has 2 atom stereocenters. The summed E-state index contributed by atoms with van der Waals surface area (Å²) in [6.07, 6.45) is -0.748. The van der Waals surface area contributed by atoms with Crippen LogP contribution in [-0.2, 0) is 9.53 Å². The highest BCUT2D eigenvalue weighted by Crippen LogP contribution is 1.95. The van der Waals surface area contributed by atoms with E-state index in [-0.39, 0.29) is 6.61 Å². The molecule has 0 aromatic carbocycles. The van der Waals surface area contributed by atoms with E-state index in [9.17, 15) is 4.79 Å². The summed E-state index contributed by atoms with van der Waals surface area (Å²) in [5.41, 5.74) is 0. The molecule has 66 valence electrons. The van der Waals surface area contributed by atoms with Crippen LogP contribution in [0.1, 0.15) is 20.3 Å². The summed E-state index contributed by atoms with van der Waals surface area (Å²) in [6.45, 7) is 3.38. The molecule has 4 nitrogen and oxygen atoms in total. The van der Waals surface area contributed by atoms with E-state index in [1.807, 2.05) is 0 Å². The summed E-state index contributed by atoms with van der Waals surface area (Å²) in [5, 5.41) is 17.1. The number of aliphatic hydroxyl groups excluding tert-OH is 1. The number of hydrogen-bond donors (Lipinski definition) is 2. The van der Waals surface area contributed by atoms with Crippen LogP contribution in [0.25, 0.3) is 0 Å². The Morgan fingerprint density at radius 2 is 2.09 bits per heavy atom. The average Bonchev–Trinajstić information content (AvgIpc) is 1.86. The normalized spacial score (nSPS) is 15.9. The predicted octanol–water partition coefficient (Wildman–Crippen LogP) is 0.247. The second-order valence-electron chi connectivity index (χ2n) is 2.49. The molecule has 0 fully saturated rings. The van der Waals surface area contributed by atoms with Gasteiger partial charge in [0.05, 0.1) is 12.7 Å². The molecule has 0 saturated carbocycles. The third kappa shape index (κ3) is 5.82. The first kappa shape index (κ1) is 10.4. The molecule has 0 rings (SSSR count). The fourth-order valence-electron chi connectivity index (χ4n) is 0.487. The van der Waals surface area contributed by atoms with Gasteiger partial charge in [0.1, 0.15) is 0 Å². The van der Waals surface area contributed by atoms with Crippen LogP contribution in [0.15, 0.2) is 0 Å². The third-order valence-corrected chi connectivity index (χ3v) is 1.25. The zero-order valence-corrected chi connectivity index (χ0v) is 6.78. The molecule has 0 spiro atoms. The van der Waals surface area contributed by atoms with Crippen LogP contribution in [0.3, 0.4) is 0 Å². The molecular formula is C7H14O4. The predicted molar refractivity (Wildman–Crippen MR) is 39.3 cm³/mol. The maximum absolute atomic E-state index is 10.2. The molecule has 0 aliphatic rings. The van der Waals surface area contributed by atoms with Crippen molar-refractivity contribution in [3.8, 4) is 0 Å². The molecule has 0 aliphatic carbocycles. The monoisotopic (exact) mass is 162 g/mol. The first-order chi connectivity index (χ1) is 5.04. The molecule has 0 bridgehead atoms. The Morgan fingerprint density at radius 3 is 2.45 bits per heavy atom. The van der Waals surface area contributed by atoms with E-state index in [1.54, 1.807) is 6.92 Å². The minimum Gasteiger partial charge on any atom is -0.479 e. The molecule has 0 aromatic rings. The van der Waals surface area contributed by atoms with Gasteiger partial charge in [-0.05, 0) is 20.3 Å². The molecule has 0 aliphatic heterocycles. The number of carboxylic acid groups (broad SMARTS) is 1. The second kappa shape index (κ2) is 5.09. The highest BCUT2D eigenvalue weighted by molar-refractivity contribution is 5.71. The molecule has 0 heterocycles. The van der Waals surface area contributed by atoms with Crippen molar-refractivity contribution in [1.82, 2.24) is 0 Å². The summed E-state index contributed by atoms with van der Waals surface area (Å²) >= 11 is 0. The molecule has 11 heavy (non-hydrogen) atoms. The van der Waals surface area contributed by atoms with Gasteiger partial charge in [-0.25, -0.2) is 4.79 Å². The summed E-state index contributed by atoms with van der Waals surface area (Å²) in [7, 11) is 0. The SMILES string of the molecule is CC(O)CCO[C@H](C)C(=O)O. The van der Waals surface area contributed by atoms with Crippen LogP contribution >= 0.6 is 0 Å². The van der Waals surface area contributed by atoms with Crippen LogP contribution < -0.4 is 0 Å². The Hall–Kier alpha value is -0.610. The fraction of sp³-hybridized carbons (Fsp3) is 0.857. The van der Waals surface area contributed by atoms with Crippen molar-refractivity contribution in [2.24, 2.45) is 0 Å². The number of carbonyl (C=O) groups is 1. The minimum absolute atomic E-state index is 0.283. The number of aliphatic hydroxyl groups is 1. The summed E-state index contributed by atoms with van der Waals surface area (Å²) in [4.78, 5) is 10.2. The maximum atomic E-state index is 10.2. The van der Waals surface area contributed by atoms with Gasteiger partial charge in [-0.2, -0.15) is 0 Å². The Balaban J connectivity index is 3.31. The van der Waals surface area contributed by atoms with Crippen molar-refractivity contribution >= 4 is 5.97 Å². The van der Waals surface area contributed by atoms with Gasteiger partial charge >= 0.3 is 5.97 Å².